The molecule has 1 heterocycles. The first-order valence-electron chi connectivity index (χ1n) is 4.30. The molecule has 1 unspecified atom stereocenters. The maximum Gasteiger partial charge on any atom is 0.322 e. The number of carboxylic acid groups (broad SMARTS) is 1. The number of carbonyl (C=O) groups is 1. The highest BCUT2D eigenvalue weighted by Gasteiger charge is 2.58. The molecule has 2 rings (SSSR count). The zero-order valence-corrected chi connectivity index (χ0v) is 6.74. The average molecular weight is 173 g/mol. The van der Waals surface area contributed by atoms with Crippen molar-refractivity contribution in [3.63, 3.8) is 0 Å². The summed E-state index contributed by atoms with van der Waals surface area (Å²) in [5.74, 6) is -0.252. The van der Waals surface area contributed by atoms with Gasteiger partial charge in [0.1, 0.15) is 12.7 Å². The Kier molecular flexibility index (Phi) is 1.79. The molecule has 2 fully saturated rings. The minimum Gasteiger partial charge on any atom is -0.480 e. The molecule has 68 valence electrons. The van der Waals surface area contributed by atoms with Gasteiger partial charge in [0.15, 0.2) is 0 Å². The minimum absolute atomic E-state index is 0.151. The second-order valence-corrected chi connectivity index (χ2v) is 3.54. The van der Waals surface area contributed by atoms with Crippen molar-refractivity contribution < 1.29 is 14.3 Å². The first-order valence-corrected chi connectivity index (χ1v) is 4.30. The van der Waals surface area contributed by atoms with Crippen LogP contribution in [0, 0.1) is 5.92 Å². The summed E-state index contributed by atoms with van der Waals surface area (Å²) in [4.78, 5) is 12.4. The van der Waals surface area contributed by atoms with Gasteiger partial charge in [-0.2, -0.15) is 0 Å². The lowest BCUT2D eigenvalue weighted by atomic mass is 10.2. The predicted molar refractivity (Wildman–Crippen MR) is 40.6 cm³/mol. The number of rotatable bonds is 4. The van der Waals surface area contributed by atoms with Crippen LogP contribution in [0.25, 0.3) is 0 Å². The van der Waals surface area contributed by atoms with Gasteiger partial charge in [0.2, 0.25) is 0 Å². The largest absolute Gasteiger partial charge is 0.480 e. The van der Waals surface area contributed by atoms with Gasteiger partial charge in [0.25, 0.3) is 0 Å². The molecular formula is C8H12FNO2. The van der Waals surface area contributed by atoms with Crippen molar-refractivity contribution in [2.45, 2.75) is 24.9 Å². The second-order valence-electron chi connectivity index (χ2n) is 3.54. The van der Waals surface area contributed by atoms with Gasteiger partial charge in [-0.1, -0.05) is 0 Å². The van der Waals surface area contributed by atoms with Crippen LogP contribution < -0.4 is 0 Å². The molecule has 1 saturated heterocycles. The maximum atomic E-state index is 11.9. The van der Waals surface area contributed by atoms with Crippen molar-refractivity contribution >= 4 is 5.97 Å². The van der Waals surface area contributed by atoms with E-state index in [1.165, 1.54) is 0 Å². The highest BCUT2D eigenvalue weighted by Crippen LogP contribution is 2.46. The third-order valence-corrected chi connectivity index (χ3v) is 2.67. The summed E-state index contributed by atoms with van der Waals surface area (Å²) in [6.07, 6.45) is 2.24. The summed E-state index contributed by atoms with van der Waals surface area (Å²) in [5.41, 5.74) is 0. The number of alkyl halides is 1. The summed E-state index contributed by atoms with van der Waals surface area (Å²) in [7, 11) is 0. The third-order valence-electron chi connectivity index (χ3n) is 2.67. The molecule has 0 aromatic rings. The molecular weight excluding hydrogens is 161 g/mol. The topological polar surface area (TPSA) is 40.3 Å². The molecule has 4 heteroatoms. The number of carboxylic acids is 1. The average Bonchev–Trinajstić information content (AvgIpc) is 2.78. The number of aliphatic carboxylic acids is 1. The fourth-order valence-corrected chi connectivity index (χ4v) is 1.94. The Bertz CT molecular complexity index is 205. The Morgan fingerprint density at radius 1 is 1.58 bits per heavy atom. The standard InChI is InChI=1S/C8H12FNO2/c9-3-4-10-6(5-1-2-5)7(10)8(11)12/h5-7H,1-4H2,(H,11,12)/t6-,7-,10?/m1/s1. The van der Waals surface area contributed by atoms with E-state index in [9.17, 15) is 9.18 Å². The lowest BCUT2D eigenvalue weighted by Gasteiger charge is -1.95. The van der Waals surface area contributed by atoms with Crippen LogP contribution in [0.2, 0.25) is 0 Å². The Hall–Kier alpha value is -0.640. The van der Waals surface area contributed by atoms with Gasteiger partial charge >= 0.3 is 5.97 Å². The molecule has 0 spiro atoms. The zero-order chi connectivity index (χ0) is 8.72. The molecule has 3 nitrogen and oxygen atoms in total. The Balaban J connectivity index is 1.91. The van der Waals surface area contributed by atoms with Crippen LogP contribution in [-0.2, 0) is 4.79 Å². The molecule has 1 saturated carbocycles. The molecule has 0 amide bonds. The van der Waals surface area contributed by atoms with Gasteiger partial charge in [-0.05, 0) is 18.8 Å². The Morgan fingerprint density at radius 2 is 2.25 bits per heavy atom. The van der Waals surface area contributed by atoms with Crippen LogP contribution in [0.3, 0.4) is 0 Å². The van der Waals surface area contributed by atoms with Gasteiger partial charge in [-0.25, -0.2) is 4.39 Å². The van der Waals surface area contributed by atoms with Crippen molar-refractivity contribution in [2.24, 2.45) is 5.92 Å². The molecule has 0 bridgehead atoms. The van der Waals surface area contributed by atoms with E-state index in [2.05, 4.69) is 0 Å². The van der Waals surface area contributed by atoms with Gasteiger partial charge in [-0.3, -0.25) is 9.69 Å². The number of hydrogen-bond donors (Lipinski definition) is 1. The Morgan fingerprint density at radius 3 is 2.67 bits per heavy atom. The summed E-state index contributed by atoms with van der Waals surface area (Å²) >= 11 is 0. The lowest BCUT2D eigenvalue weighted by molar-refractivity contribution is -0.137. The van der Waals surface area contributed by atoms with Crippen molar-refractivity contribution in [1.82, 2.24) is 4.90 Å². The number of hydrogen-bond acceptors (Lipinski definition) is 2. The summed E-state index contributed by atoms with van der Waals surface area (Å²) in [6, 6.07) is -0.230. The molecule has 12 heavy (non-hydrogen) atoms. The molecule has 3 atom stereocenters. The zero-order valence-electron chi connectivity index (χ0n) is 6.74. The van der Waals surface area contributed by atoms with Gasteiger partial charge < -0.3 is 5.11 Å². The van der Waals surface area contributed by atoms with Crippen molar-refractivity contribution in [3.8, 4) is 0 Å². The van der Waals surface area contributed by atoms with Crippen LogP contribution >= 0.6 is 0 Å². The van der Waals surface area contributed by atoms with Crippen LogP contribution in [0.15, 0.2) is 0 Å². The number of nitrogens with zero attached hydrogens (tertiary/aromatic N) is 1. The summed E-state index contributed by atoms with van der Waals surface area (Å²) < 4.78 is 11.9. The van der Waals surface area contributed by atoms with E-state index in [-0.39, 0.29) is 18.6 Å². The molecule has 0 radical (unpaired) electrons. The smallest absolute Gasteiger partial charge is 0.322 e. The van der Waals surface area contributed by atoms with Crippen molar-refractivity contribution in [3.05, 3.63) is 0 Å². The van der Waals surface area contributed by atoms with E-state index in [4.69, 9.17) is 5.11 Å². The van der Waals surface area contributed by atoms with Crippen LogP contribution in [-0.4, -0.2) is 41.3 Å². The van der Waals surface area contributed by atoms with Crippen molar-refractivity contribution in [1.29, 1.82) is 0 Å². The molecule has 1 N–H and O–H groups in total. The van der Waals surface area contributed by atoms with Gasteiger partial charge in [-0.15, -0.1) is 0 Å². The maximum absolute atomic E-state index is 11.9. The molecule has 1 aliphatic carbocycles. The Labute approximate surface area is 70.2 Å². The molecule has 1 aliphatic heterocycles. The molecule has 0 aromatic carbocycles. The lowest BCUT2D eigenvalue weighted by Crippen LogP contribution is -2.13. The summed E-state index contributed by atoms with van der Waals surface area (Å²) in [5, 5.41) is 8.73. The quantitative estimate of drug-likeness (QED) is 0.629. The predicted octanol–water partition coefficient (Wildman–Crippen LogP) is 0.503. The second kappa shape index (κ2) is 2.69. The third kappa shape index (κ3) is 1.20. The van der Waals surface area contributed by atoms with Gasteiger partial charge in [0.05, 0.1) is 0 Å². The van der Waals surface area contributed by atoms with E-state index >= 15 is 0 Å². The van der Waals surface area contributed by atoms with Crippen LogP contribution in [0.1, 0.15) is 12.8 Å². The summed E-state index contributed by atoms with van der Waals surface area (Å²) in [6.45, 7) is -0.148. The van der Waals surface area contributed by atoms with E-state index < -0.39 is 12.6 Å². The first kappa shape index (κ1) is 7.98. The van der Waals surface area contributed by atoms with Crippen LogP contribution in [0.4, 0.5) is 4.39 Å². The van der Waals surface area contributed by atoms with E-state index in [0.29, 0.717) is 5.92 Å². The fourth-order valence-electron chi connectivity index (χ4n) is 1.94. The minimum atomic E-state index is -0.791. The SMILES string of the molecule is O=C(O)[C@H]1[C@@H](C2CC2)N1CCF. The van der Waals surface area contributed by atoms with Gasteiger partial charge in [0, 0.05) is 12.6 Å². The van der Waals surface area contributed by atoms with E-state index in [1.54, 1.807) is 4.90 Å². The van der Waals surface area contributed by atoms with E-state index in [1.807, 2.05) is 0 Å². The highest BCUT2D eigenvalue weighted by molar-refractivity contribution is 5.78. The number of halogens is 1. The van der Waals surface area contributed by atoms with E-state index in [0.717, 1.165) is 12.8 Å². The molecule has 2 aliphatic rings. The normalized spacial score (nSPS) is 39.6. The first-order chi connectivity index (χ1) is 5.75. The molecule has 0 aromatic heterocycles. The van der Waals surface area contributed by atoms with Crippen LogP contribution in [0.5, 0.6) is 0 Å². The van der Waals surface area contributed by atoms with Crippen molar-refractivity contribution in [2.75, 3.05) is 13.2 Å². The monoisotopic (exact) mass is 173 g/mol. The highest BCUT2D eigenvalue weighted by atomic mass is 19.1. The fraction of sp³-hybridized carbons (Fsp3) is 0.875.